The minimum absolute atomic E-state index is 1.51. The molecule has 0 fully saturated rings. The van der Waals surface area contributed by atoms with E-state index in [1.165, 1.54) is 0 Å². The Morgan fingerprint density at radius 3 is 1.89 bits per heavy atom. The molecule has 0 nitrogen and oxygen atoms in total. The first kappa shape index (κ1) is 18.1. The van der Waals surface area contributed by atoms with Crippen molar-refractivity contribution in [2.45, 2.75) is 29.8 Å². The Labute approximate surface area is 113 Å². The third-order valence-electron chi connectivity index (χ3n) is 1.88. The van der Waals surface area contributed by atoms with E-state index in [1.807, 2.05) is 0 Å². The van der Waals surface area contributed by atoms with Gasteiger partial charge in [0.15, 0.2) is 0 Å². The van der Waals surface area contributed by atoms with Crippen LogP contribution >= 0.6 is 34.8 Å². The van der Waals surface area contributed by atoms with E-state index in [1.54, 1.807) is 0 Å². The second kappa shape index (κ2) is 6.52. The van der Waals surface area contributed by atoms with E-state index < -0.39 is 46.8 Å². The Morgan fingerprint density at radius 2 is 1.56 bits per heavy atom. The third kappa shape index (κ3) is 4.06. The van der Waals surface area contributed by atoms with Gasteiger partial charge in [0.05, 0.1) is 11.7 Å². The van der Waals surface area contributed by atoms with Crippen molar-refractivity contribution in [3.63, 3.8) is 0 Å². The maximum absolute atomic E-state index is 13.2. The second-order valence-electron chi connectivity index (χ2n) is 3.21. The van der Waals surface area contributed by atoms with Crippen molar-refractivity contribution < 1.29 is 30.7 Å². The fraction of sp³-hybridized carbons (Fsp3) is 0.750. The summed E-state index contributed by atoms with van der Waals surface area (Å²) in [4.78, 5) is 0. The molecule has 0 radical (unpaired) electrons. The highest BCUT2D eigenvalue weighted by Gasteiger charge is 2.60. The van der Waals surface area contributed by atoms with Crippen molar-refractivity contribution >= 4 is 34.8 Å². The highest BCUT2D eigenvalue weighted by atomic mass is 35.5. The molecule has 18 heavy (non-hydrogen) atoms. The fourth-order valence-corrected chi connectivity index (χ4v) is 1.44. The molecule has 108 valence electrons. The SMILES string of the molecule is FCCC(F)(F)C(F)C(F)(F)C(Cl)C(Cl)=C(F)Cl. The van der Waals surface area contributed by atoms with Gasteiger partial charge in [-0.15, -0.1) is 11.6 Å². The quantitative estimate of drug-likeness (QED) is 0.461. The van der Waals surface area contributed by atoms with E-state index in [4.69, 9.17) is 23.2 Å². The topological polar surface area (TPSA) is 0 Å². The second-order valence-corrected chi connectivity index (χ2v) is 4.38. The number of hydrogen-bond acceptors (Lipinski definition) is 0. The Kier molecular flexibility index (Phi) is 6.56. The smallest absolute Gasteiger partial charge is 0.251 e. The molecule has 0 aromatic rings. The third-order valence-corrected chi connectivity index (χ3v) is 3.18. The van der Waals surface area contributed by atoms with Crippen LogP contribution in [-0.4, -0.2) is 30.1 Å². The molecule has 0 aromatic heterocycles. The summed E-state index contributed by atoms with van der Waals surface area (Å²) in [6, 6.07) is 0. The molecule has 0 amide bonds. The normalized spacial score (nSPS) is 18.3. The maximum atomic E-state index is 13.2. The lowest BCUT2D eigenvalue weighted by Gasteiger charge is -2.29. The zero-order chi connectivity index (χ0) is 14.7. The Bertz CT molecular complexity index is 314. The Hall–Kier alpha value is 0.120. The molecule has 0 aromatic carbocycles. The first-order valence-corrected chi connectivity index (χ1v) is 5.48. The molecule has 0 spiro atoms. The average molecular weight is 341 g/mol. The van der Waals surface area contributed by atoms with Crippen LogP contribution in [0.1, 0.15) is 6.42 Å². The average Bonchev–Trinajstić information content (AvgIpc) is 2.25. The zero-order valence-corrected chi connectivity index (χ0v) is 10.6. The number of alkyl halides is 7. The van der Waals surface area contributed by atoms with Crippen LogP contribution in [0.3, 0.4) is 0 Å². The van der Waals surface area contributed by atoms with Crippen molar-refractivity contribution in [3.8, 4) is 0 Å². The van der Waals surface area contributed by atoms with E-state index in [0.29, 0.717) is 0 Å². The number of hydrogen-bond donors (Lipinski definition) is 0. The molecule has 10 heteroatoms. The largest absolute Gasteiger partial charge is 0.305 e. The molecule has 0 bridgehead atoms. The summed E-state index contributed by atoms with van der Waals surface area (Å²) in [7, 11) is 0. The van der Waals surface area contributed by atoms with Crippen molar-refractivity contribution in [1.29, 1.82) is 0 Å². The van der Waals surface area contributed by atoms with Gasteiger partial charge in [-0.25, -0.2) is 22.0 Å². The van der Waals surface area contributed by atoms with E-state index in [-0.39, 0.29) is 0 Å². The molecule has 0 heterocycles. The standard InChI is InChI=1S/C8H6Cl3F7/c9-3(5(11)13)4(10)8(17,18)6(14)7(15,16)1-2-12/h4,6H,1-2H2. The van der Waals surface area contributed by atoms with Crippen LogP contribution in [0.2, 0.25) is 0 Å². The summed E-state index contributed by atoms with van der Waals surface area (Å²) in [5.41, 5.74) is 0. The molecular weight excluding hydrogens is 335 g/mol. The Morgan fingerprint density at radius 1 is 1.11 bits per heavy atom. The van der Waals surface area contributed by atoms with Crippen molar-refractivity contribution in [2.75, 3.05) is 6.67 Å². The Balaban J connectivity index is 5.20. The van der Waals surface area contributed by atoms with Crippen LogP contribution < -0.4 is 0 Å². The summed E-state index contributed by atoms with van der Waals surface area (Å²) in [5, 5.41) is -6.32. The van der Waals surface area contributed by atoms with E-state index in [2.05, 4.69) is 11.6 Å². The first-order valence-electron chi connectivity index (χ1n) is 4.28. The van der Waals surface area contributed by atoms with Crippen LogP contribution in [0.5, 0.6) is 0 Å². The lowest BCUT2D eigenvalue weighted by Crippen LogP contribution is -2.49. The van der Waals surface area contributed by atoms with Crippen LogP contribution in [-0.2, 0) is 0 Å². The molecule has 0 rings (SSSR count). The maximum Gasteiger partial charge on any atom is 0.305 e. The first-order chi connectivity index (χ1) is 7.98. The van der Waals surface area contributed by atoms with Gasteiger partial charge >= 0.3 is 5.92 Å². The number of rotatable bonds is 6. The molecule has 0 aliphatic rings. The van der Waals surface area contributed by atoms with Gasteiger partial charge in [-0.3, -0.25) is 4.39 Å². The van der Waals surface area contributed by atoms with Crippen molar-refractivity contribution in [2.24, 2.45) is 0 Å². The van der Waals surface area contributed by atoms with Gasteiger partial charge in [0, 0.05) is 6.42 Å². The summed E-state index contributed by atoms with van der Waals surface area (Å²) in [5.74, 6) is -9.60. The zero-order valence-electron chi connectivity index (χ0n) is 8.35. The van der Waals surface area contributed by atoms with Crippen LogP contribution in [0.4, 0.5) is 30.7 Å². The highest BCUT2D eigenvalue weighted by molar-refractivity contribution is 6.43. The van der Waals surface area contributed by atoms with E-state index in [0.717, 1.165) is 0 Å². The van der Waals surface area contributed by atoms with Gasteiger partial charge < -0.3 is 0 Å². The molecule has 0 saturated heterocycles. The predicted molar refractivity (Wildman–Crippen MR) is 54.9 cm³/mol. The van der Waals surface area contributed by atoms with E-state index in [9.17, 15) is 30.7 Å². The summed E-state index contributed by atoms with van der Waals surface area (Å²) >= 11 is 14.4. The van der Waals surface area contributed by atoms with Gasteiger partial charge in [-0.1, -0.05) is 11.6 Å². The molecule has 2 unspecified atom stereocenters. The fourth-order valence-electron chi connectivity index (χ4n) is 0.927. The van der Waals surface area contributed by atoms with Gasteiger partial charge in [0.2, 0.25) is 11.5 Å². The molecule has 0 aliphatic heterocycles. The van der Waals surface area contributed by atoms with E-state index >= 15 is 0 Å². The summed E-state index contributed by atoms with van der Waals surface area (Å²) in [6.07, 6.45) is -5.90. The van der Waals surface area contributed by atoms with Crippen molar-refractivity contribution in [1.82, 2.24) is 0 Å². The minimum atomic E-state index is -4.93. The van der Waals surface area contributed by atoms with Gasteiger partial charge in [-0.05, 0) is 11.6 Å². The van der Waals surface area contributed by atoms with Gasteiger partial charge in [-0.2, -0.15) is 4.39 Å². The van der Waals surface area contributed by atoms with Gasteiger partial charge in [0.1, 0.15) is 5.38 Å². The molecule has 0 saturated carbocycles. The van der Waals surface area contributed by atoms with Gasteiger partial charge in [0.25, 0.3) is 5.92 Å². The summed E-state index contributed by atoms with van der Waals surface area (Å²) in [6.45, 7) is -1.72. The predicted octanol–water partition coefficient (Wildman–Crippen LogP) is 5.18. The minimum Gasteiger partial charge on any atom is -0.251 e. The van der Waals surface area contributed by atoms with Crippen LogP contribution in [0.25, 0.3) is 0 Å². The molecule has 0 aliphatic carbocycles. The summed E-state index contributed by atoms with van der Waals surface area (Å²) < 4.78 is 89.0. The number of allylic oxidation sites excluding steroid dienone is 1. The highest BCUT2D eigenvalue weighted by Crippen LogP contribution is 2.43. The molecular formula is C8H6Cl3F7. The molecule has 2 atom stereocenters. The van der Waals surface area contributed by atoms with Crippen molar-refractivity contribution in [3.05, 3.63) is 10.3 Å². The molecule has 0 N–H and O–H groups in total. The number of halogens is 10. The lowest BCUT2D eigenvalue weighted by atomic mass is 10.0. The monoisotopic (exact) mass is 340 g/mol. The van der Waals surface area contributed by atoms with Crippen LogP contribution in [0.15, 0.2) is 10.3 Å². The van der Waals surface area contributed by atoms with Crippen LogP contribution in [0, 0.1) is 0 Å². The lowest BCUT2D eigenvalue weighted by molar-refractivity contribution is -0.181.